The maximum atomic E-state index is 12.3. The minimum absolute atomic E-state index is 0.0278. The number of rotatable bonds is 5. The lowest BCUT2D eigenvalue weighted by Gasteiger charge is -2.27. The van der Waals surface area contributed by atoms with E-state index in [1.54, 1.807) is 28.4 Å². The zero-order chi connectivity index (χ0) is 17.2. The maximum absolute atomic E-state index is 12.3. The van der Waals surface area contributed by atoms with Crippen LogP contribution < -0.4 is 4.72 Å². The Balaban J connectivity index is 1.55. The molecule has 24 heavy (non-hydrogen) atoms. The summed E-state index contributed by atoms with van der Waals surface area (Å²) in [5, 5.41) is 2.20. The molecule has 0 bridgehead atoms. The molecule has 1 aromatic carbocycles. The predicted octanol–water partition coefficient (Wildman–Crippen LogP) is 2.65. The van der Waals surface area contributed by atoms with Gasteiger partial charge in [-0.25, -0.2) is 13.1 Å². The summed E-state index contributed by atoms with van der Waals surface area (Å²) < 4.78 is 26.9. The number of benzene rings is 1. The lowest BCUT2D eigenvalue weighted by atomic mass is 10.1. The molecule has 0 atom stereocenters. The molecule has 0 spiro atoms. The summed E-state index contributed by atoms with van der Waals surface area (Å²) in [6, 6.07) is 8.28. The quantitative estimate of drug-likeness (QED) is 0.861. The van der Waals surface area contributed by atoms with Crippen molar-refractivity contribution in [2.75, 3.05) is 13.1 Å². The topological polar surface area (TPSA) is 66.5 Å². The number of carbonyl (C=O) groups is 1. The van der Waals surface area contributed by atoms with Crippen molar-refractivity contribution in [2.24, 2.45) is 0 Å². The van der Waals surface area contributed by atoms with Gasteiger partial charge in [0, 0.05) is 30.9 Å². The smallest absolute Gasteiger partial charge is 0.242 e. The van der Waals surface area contributed by atoms with E-state index < -0.39 is 10.0 Å². The van der Waals surface area contributed by atoms with Gasteiger partial charge < -0.3 is 4.90 Å². The van der Waals surface area contributed by atoms with Crippen LogP contribution in [-0.4, -0.2) is 32.3 Å². The van der Waals surface area contributed by atoms with E-state index in [2.05, 4.69) is 4.72 Å². The number of sulfonamides is 1. The molecule has 2 heterocycles. The monoisotopic (exact) mass is 384 g/mol. The third kappa shape index (κ3) is 3.80. The van der Waals surface area contributed by atoms with Crippen LogP contribution in [0.2, 0.25) is 5.02 Å². The number of hydrogen-bond acceptors (Lipinski definition) is 4. The minimum atomic E-state index is -3.71. The summed E-state index contributed by atoms with van der Waals surface area (Å²) in [6.07, 6.45) is 0.993. The van der Waals surface area contributed by atoms with Crippen molar-refractivity contribution in [1.29, 1.82) is 0 Å². The van der Waals surface area contributed by atoms with Gasteiger partial charge in [0.15, 0.2) is 0 Å². The minimum Gasteiger partial charge on any atom is -0.338 e. The first-order chi connectivity index (χ1) is 11.5. The average molecular weight is 385 g/mol. The molecule has 0 saturated heterocycles. The van der Waals surface area contributed by atoms with Crippen molar-refractivity contribution >= 4 is 38.9 Å². The largest absolute Gasteiger partial charge is 0.338 e. The van der Waals surface area contributed by atoms with Crippen LogP contribution in [0, 0.1) is 0 Å². The van der Waals surface area contributed by atoms with Gasteiger partial charge in [0.2, 0.25) is 15.9 Å². The standard InChI is InChI=1S/C16H17ClN2O3S2/c17-13-3-1-2-4-15(13)24(21,22)18-8-5-16(20)19-9-6-14-12(11-19)7-10-23-14/h1-4,7,10,18H,5-6,8-9,11H2. The number of thiophene rings is 1. The Morgan fingerprint density at radius 2 is 2.08 bits per heavy atom. The highest BCUT2D eigenvalue weighted by Crippen LogP contribution is 2.24. The molecule has 1 aliphatic rings. The van der Waals surface area contributed by atoms with E-state index in [4.69, 9.17) is 11.6 Å². The molecule has 2 aromatic rings. The number of nitrogens with zero attached hydrogens (tertiary/aromatic N) is 1. The van der Waals surface area contributed by atoms with E-state index in [-0.39, 0.29) is 28.8 Å². The van der Waals surface area contributed by atoms with Gasteiger partial charge in [-0.15, -0.1) is 11.3 Å². The Morgan fingerprint density at radius 3 is 2.88 bits per heavy atom. The number of amides is 1. The number of hydrogen-bond donors (Lipinski definition) is 1. The van der Waals surface area contributed by atoms with Crippen LogP contribution in [0.15, 0.2) is 40.6 Å². The molecule has 0 fully saturated rings. The second-order valence-corrected chi connectivity index (χ2v) is 8.66. The van der Waals surface area contributed by atoms with E-state index in [1.807, 2.05) is 11.4 Å². The summed E-state index contributed by atoms with van der Waals surface area (Å²) in [6.45, 7) is 1.35. The Labute approximate surface area is 150 Å². The number of carbonyl (C=O) groups excluding carboxylic acids is 1. The highest BCUT2D eigenvalue weighted by Gasteiger charge is 2.22. The molecular weight excluding hydrogens is 368 g/mol. The van der Waals surface area contributed by atoms with E-state index in [9.17, 15) is 13.2 Å². The molecule has 0 aliphatic carbocycles. The summed E-state index contributed by atoms with van der Waals surface area (Å²) in [4.78, 5) is 15.4. The van der Waals surface area contributed by atoms with Crippen LogP contribution in [0.1, 0.15) is 16.9 Å². The summed E-state index contributed by atoms with van der Waals surface area (Å²) in [7, 11) is -3.71. The fourth-order valence-corrected chi connectivity index (χ4v) is 5.09. The molecule has 0 radical (unpaired) electrons. The van der Waals surface area contributed by atoms with E-state index in [0.717, 1.165) is 6.42 Å². The van der Waals surface area contributed by atoms with E-state index in [1.165, 1.54) is 22.6 Å². The third-order valence-corrected chi connectivity index (χ3v) is 6.90. The second kappa shape index (κ2) is 7.23. The van der Waals surface area contributed by atoms with Crippen molar-refractivity contribution in [2.45, 2.75) is 24.3 Å². The van der Waals surface area contributed by atoms with Crippen molar-refractivity contribution in [1.82, 2.24) is 9.62 Å². The number of halogens is 1. The predicted molar refractivity (Wildman–Crippen MR) is 94.7 cm³/mol. The molecule has 3 rings (SSSR count). The van der Waals surface area contributed by atoms with Gasteiger partial charge in [0.1, 0.15) is 4.90 Å². The fourth-order valence-electron chi connectivity index (χ4n) is 2.65. The Kier molecular flexibility index (Phi) is 5.24. The number of nitrogens with one attached hydrogen (secondary N) is 1. The fraction of sp³-hybridized carbons (Fsp3) is 0.312. The molecular formula is C16H17ClN2O3S2. The van der Waals surface area contributed by atoms with Crippen LogP contribution in [0.3, 0.4) is 0 Å². The van der Waals surface area contributed by atoms with Crippen LogP contribution in [-0.2, 0) is 27.8 Å². The van der Waals surface area contributed by atoms with Crippen molar-refractivity contribution in [3.05, 3.63) is 51.2 Å². The second-order valence-electron chi connectivity index (χ2n) is 5.51. The molecule has 1 amide bonds. The maximum Gasteiger partial charge on any atom is 0.242 e. The van der Waals surface area contributed by atoms with Crippen LogP contribution >= 0.6 is 22.9 Å². The Hall–Kier alpha value is -1.41. The molecule has 5 nitrogen and oxygen atoms in total. The van der Waals surface area contributed by atoms with Gasteiger partial charge >= 0.3 is 0 Å². The summed E-state index contributed by atoms with van der Waals surface area (Å²) in [5.74, 6) is -0.0475. The van der Waals surface area contributed by atoms with Crippen molar-refractivity contribution in [3.8, 4) is 0 Å². The SMILES string of the molecule is O=C(CCNS(=O)(=O)c1ccccc1Cl)N1CCc2sccc2C1. The van der Waals surface area contributed by atoms with Crippen LogP contribution in [0.25, 0.3) is 0 Å². The molecule has 1 aromatic heterocycles. The van der Waals surface area contributed by atoms with Gasteiger partial charge in [0.05, 0.1) is 5.02 Å². The first-order valence-electron chi connectivity index (χ1n) is 7.54. The highest BCUT2D eigenvalue weighted by atomic mass is 35.5. The van der Waals surface area contributed by atoms with E-state index >= 15 is 0 Å². The average Bonchev–Trinajstić information content (AvgIpc) is 3.02. The van der Waals surface area contributed by atoms with Crippen molar-refractivity contribution in [3.63, 3.8) is 0 Å². The normalized spacial score (nSPS) is 14.5. The van der Waals surface area contributed by atoms with Crippen LogP contribution in [0.4, 0.5) is 0 Å². The van der Waals surface area contributed by atoms with Gasteiger partial charge in [-0.3, -0.25) is 4.79 Å². The van der Waals surface area contributed by atoms with Gasteiger partial charge in [-0.2, -0.15) is 0 Å². The van der Waals surface area contributed by atoms with Gasteiger partial charge in [-0.1, -0.05) is 23.7 Å². The lowest BCUT2D eigenvalue weighted by molar-refractivity contribution is -0.131. The Morgan fingerprint density at radius 1 is 1.29 bits per heavy atom. The highest BCUT2D eigenvalue weighted by molar-refractivity contribution is 7.89. The lowest BCUT2D eigenvalue weighted by Crippen LogP contribution is -2.37. The molecule has 1 N–H and O–H groups in total. The van der Waals surface area contributed by atoms with Gasteiger partial charge in [0.25, 0.3) is 0 Å². The summed E-state index contributed by atoms with van der Waals surface area (Å²) >= 11 is 7.63. The summed E-state index contributed by atoms with van der Waals surface area (Å²) in [5.41, 5.74) is 1.19. The van der Waals surface area contributed by atoms with E-state index in [0.29, 0.717) is 13.1 Å². The van der Waals surface area contributed by atoms with Crippen LogP contribution in [0.5, 0.6) is 0 Å². The molecule has 8 heteroatoms. The zero-order valence-electron chi connectivity index (χ0n) is 12.9. The molecule has 0 saturated carbocycles. The van der Waals surface area contributed by atoms with Crippen molar-refractivity contribution < 1.29 is 13.2 Å². The van der Waals surface area contributed by atoms with Gasteiger partial charge in [-0.05, 0) is 35.6 Å². The molecule has 128 valence electrons. The zero-order valence-corrected chi connectivity index (χ0v) is 15.3. The molecule has 1 aliphatic heterocycles. The first-order valence-corrected chi connectivity index (χ1v) is 10.3. The first kappa shape index (κ1) is 17.4. The Bertz CT molecular complexity index is 849. The third-order valence-electron chi connectivity index (χ3n) is 3.92. The number of fused-ring (bicyclic) bond motifs is 1. The molecule has 0 unspecified atom stereocenters.